The predicted molar refractivity (Wildman–Crippen MR) is 265 cm³/mol. The Morgan fingerprint density at radius 2 is 0.734 bits per heavy atom. The molecular formula is C59H37N5. The van der Waals surface area contributed by atoms with Crippen LogP contribution in [0.5, 0.6) is 0 Å². The van der Waals surface area contributed by atoms with Crippen LogP contribution in [0, 0.1) is 0 Å². The molecule has 13 aromatic rings. The van der Waals surface area contributed by atoms with E-state index in [9.17, 15) is 0 Å². The van der Waals surface area contributed by atoms with Gasteiger partial charge in [-0.05, 0) is 99.4 Å². The molecule has 0 aliphatic rings. The standard InChI is InChI=1S/C59H37N5/c1-4-17-38(18-5-1)57-60-58(39-19-6-2-7-20-39)62-59(61-57)41-21-16-24-44(33-41)64-54-30-15-13-28-48(54)52-37-50-42(36-56(52)64)35-49(45-25-10-11-26-46(45)50)40-31-32-55-51(34-40)47-27-12-14-29-53(47)63(55)43-22-8-3-9-23-43/h1-37H. The number of hydrogen-bond donors (Lipinski definition) is 0. The molecule has 5 heteroatoms. The minimum absolute atomic E-state index is 0.626. The smallest absolute Gasteiger partial charge is 0.164 e. The molecule has 13 rings (SSSR count). The molecule has 3 aromatic heterocycles. The van der Waals surface area contributed by atoms with Crippen LogP contribution in [0.2, 0.25) is 0 Å². The van der Waals surface area contributed by atoms with E-state index in [1.54, 1.807) is 0 Å². The van der Waals surface area contributed by atoms with Gasteiger partial charge < -0.3 is 9.13 Å². The summed E-state index contributed by atoms with van der Waals surface area (Å²) in [5.41, 5.74) is 12.1. The number of hydrogen-bond acceptors (Lipinski definition) is 3. The van der Waals surface area contributed by atoms with Crippen molar-refractivity contribution in [3.63, 3.8) is 0 Å². The lowest BCUT2D eigenvalue weighted by Crippen LogP contribution is -2.01. The Labute approximate surface area is 368 Å². The van der Waals surface area contributed by atoms with E-state index in [-0.39, 0.29) is 0 Å². The van der Waals surface area contributed by atoms with Crippen molar-refractivity contribution in [3.05, 3.63) is 224 Å². The topological polar surface area (TPSA) is 48.5 Å². The summed E-state index contributed by atoms with van der Waals surface area (Å²) in [6.45, 7) is 0. The van der Waals surface area contributed by atoms with Crippen molar-refractivity contribution in [2.24, 2.45) is 0 Å². The van der Waals surface area contributed by atoms with Gasteiger partial charge in [-0.3, -0.25) is 0 Å². The van der Waals surface area contributed by atoms with Crippen LogP contribution >= 0.6 is 0 Å². The fourth-order valence-electron chi connectivity index (χ4n) is 9.80. The van der Waals surface area contributed by atoms with Crippen LogP contribution in [0.3, 0.4) is 0 Å². The molecule has 0 atom stereocenters. The maximum Gasteiger partial charge on any atom is 0.164 e. The van der Waals surface area contributed by atoms with Gasteiger partial charge in [-0.1, -0.05) is 158 Å². The first-order valence-electron chi connectivity index (χ1n) is 21.7. The third kappa shape index (κ3) is 5.75. The molecule has 0 unspecified atom stereocenters. The van der Waals surface area contributed by atoms with Crippen molar-refractivity contribution >= 4 is 65.2 Å². The molecule has 0 radical (unpaired) electrons. The van der Waals surface area contributed by atoms with Gasteiger partial charge in [0.25, 0.3) is 0 Å². The molecule has 0 fully saturated rings. The second-order valence-electron chi connectivity index (χ2n) is 16.4. The molecule has 0 bridgehead atoms. The molecule has 5 nitrogen and oxygen atoms in total. The van der Waals surface area contributed by atoms with E-state index < -0.39 is 0 Å². The first-order chi connectivity index (χ1) is 31.7. The van der Waals surface area contributed by atoms with E-state index in [0.717, 1.165) is 39.1 Å². The third-order valence-electron chi connectivity index (χ3n) is 12.7. The average Bonchev–Trinajstić information content (AvgIpc) is 3.88. The molecule has 0 saturated carbocycles. The van der Waals surface area contributed by atoms with Crippen LogP contribution < -0.4 is 0 Å². The van der Waals surface area contributed by atoms with Crippen LogP contribution in [0.4, 0.5) is 0 Å². The zero-order valence-electron chi connectivity index (χ0n) is 34.6. The van der Waals surface area contributed by atoms with Crippen molar-refractivity contribution in [1.82, 2.24) is 24.1 Å². The van der Waals surface area contributed by atoms with Gasteiger partial charge in [0, 0.05) is 49.6 Å². The third-order valence-corrected chi connectivity index (χ3v) is 12.7. The number of benzene rings is 10. The second kappa shape index (κ2) is 14.5. The van der Waals surface area contributed by atoms with Crippen molar-refractivity contribution in [1.29, 1.82) is 0 Å². The van der Waals surface area contributed by atoms with Crippen LogP contribution in [0.1, 0.15) is 0 Å². The Morgan fingerprint density at radius 3 is 1.39 bits per heavy atom. The first kappa shape index (κ1) is 36.0. The summed E-state index contributed by atoms with van der Waals surface area (Å²) in [6, 6.07) is 80.0. The Bertz CT molecular complexity index is 3890. The minimum Gasteiger partial charge on any atom is -0.309 e. The summed E-state index contributed by atoms with van der Waals surface area (Å²) in [5.74, 6) is 1.91. The van der Waals surface area contributed by atoms with Crippen molar-refractivity contribution < 1.29 is 0 Å². The summed E-state index contributed by atoms with van der Waals surface area (Å²) in [6.07, 6.45) is 0. The van der Waals surface area contributed by atoms with E-state index in [1.807, 2.05) is 60.7 Å². The Kier molecular flexibility index (Phi) is 8.15. The number of para-hydroxylation sites is 3. The lowest BCUT2D eigenvalue weighted by molar-refractivity contribution is 1.07. The average molecular weight is 816 g/mol. The van der Waals surface area contributed by atoms with E-state index in [1.165, 1.54) is 65.3 Å². The van der Waals surface area contributed by atoms with Crippen LogP contribution in [0.15, 0.2) is 224 Å². The van der Waals surface area contributed by atoms with E-state index in [4.69, 9.17) is 15.0 Å². The summed E-state index contributed by atoms with van der Waals surface area (Å²) >= 11 is 0. The molecule has 0 aliphatic carbocycles. The Hall–Kier alpha value is -8.67. The minimum atomic E-state index is 0.626. The van der Waals surface area contributed by atoms with Gasteiger partial charge in [-0.25, -0.2) is 15.0 Å². The molecule has 3 heterocycles. The molecule has 298 valence electrons. The molecule has 0 saturated heterocycles. The highest BCUT2D eigenvalue weighted by molar-refractivity contribution is 6.21. The quantitative estimate of drug-likeness (QED) is 0.157. The van der Waals surface area contributed by atoms with E-state index >= 15 is 0 Å². The second-order valence-corrected chi connectivity index (χ2v) is 16.4. The molecule has 64 heavy (non-hydrogen) atoms. The maximum absolute atomic E-state index is 5.07. The Balaban J connectivity index is 1.01. The predicted octanol–water partition coefficient (Wildman–Crippen LogP) is 15.0. The zero-order valence-corrected chi connectivity index (χ0v) is 34.6. The SMILES string of the molecule is c1ccc(-c2nc(-c3ccccc3)nc(-c3cccc(-n4c5ccccc5c5cc6c(cc(-c7ccc8c(c7)c7ccccc7n8-c7ccccc7)c7ccccc76)cc54)c3)n2)cc1. The maximum atomic E-state index is 5.07. The summed E-state index contributed by atoms with van der Waals surface area (Å²) in [4.78, 5) is 15.1. The fourth-order valence-corrected chi connectivity index (χ4v) is 9.80. The van der Waals surface area contributed by atoms with Crippen LogP contribution in [-0.2, 0) is 0 Å². The van der Waals surface area contributed by atoms with Crippen molar-refractivity contribution in [2.45, 2.75) is 0 Å². The lowest BCUT2D eigenvalue weighted by atomic mass is 9.92. The van der Waals surface area contributed by atoms with Crippen molar-refractivity contribution in [2.75, 3.05) is 0 Å². The van der Waals surface area contributed by atoms with Crippen molar-refractivity contribution in [3.8, 4) is 56.7 Å². The fraction of sp³-hybridized carbons (Fsp3) is 0. The van der Waals surface area contributed by atoms with Gasteiger partial charge in [-0.15, -0.1) is 0 Å². The molecule has 10 aromatic carbocycles. The van der Waals surface area contributed by atoms with Gasteiger partial charge in [0.15, 0.2) is 17.5 Å². The largest absolute Gasteiger partial charge is 0.309 e. The molecular weight excluding hydrogens is 779 g/mol. The highest BCUT2D eigenvalue weighted by atomic mass is 15.0. The summed E-state index contributed by atoms with van der Waals surface area (Å²) in [7, 11) is 0. The highest BCUT2D eigenvalue weighted by Gasteiger charge is 2.19. The van der Waals surface area contributed by atoms with Gasteiger partial charge >= 0.3 is 0 Å². The normalized spacial score (nSPS) is 11.8. The monoisotopic (exact) mass is 815 g/mol. The molecule has 0 amide bonds. The summed E-state index contributed by atoms with van der Waals surface area (Å²) in [5, 5.41) is 9.78. The number of aromatic nitrogens is 5. The molecule has 0 N–H and O–H groups in total. The van der Waals surface area contributed by atoms with Gasteiger partial charge in [0.05, 0.1) is 22.1 Å². The van der Waals surface area contributed by atoms with Gasteiger partial charge in [0.2, 0.25) is 0 Å². The number of rotatable bonds is 6. The summed E-state index contributed by atoms with van der Waals surface area (Å²) < 4.78 is 4.77. The number of nitrogens with zero attached hydrogens (tertiary/aromatic N) is 5. The zero-order chi connectivity index (χ0) is 42.1. The van der Waals surface area contributed by atoms with E-state index in [2.05, 4.69) is 173 Å². The van der Waals surface area contributed by atoms with Gasteiger partial charge in [0.1, 0.15) is 0 Å². The Morgan fingerprint density at radius 1 is 0.250 bits per heavy atom. The molecule has 0 spiro atoms. The lowest BCUT2D eigenvalue weighted by Gasteiger charge is -2.14. The highest BCUT2D eigenvalue weighted by Crippen LogP contribution is 2.42. The molecule has 0 aliphatic heterocycles. The van der Waals surface area contributed by atoms with E-state index in [0.29, 0.717) is 17.5 Å². The van der Waals surface area contributed by atoms with Gasteiger partial charge in [-0.2, -0.15) is 0 Å². The van der Waals surface area contributed by atoms with Crippen LogP contribution in [-0.4, -0.2) is 24.1 Å². The van der Waals surface area contributed by atoms with Crippen LogP contribution in [0.25, 0.3) is 122 Å². The first-order valence-corrected chi connectivity index (χ1v) is 21.7. The number of fused-ring (bicyclic) bond motifs is 9.